The Labute approximate surface area is 91.7 Å². The van der Waals surface area contributed by atoms with Crippen LogP contribution in [-0.4, -0.2) is 17.5 Å². The number of carbonyl (C=O) groups is 1. The Bertz CT molecular complexity index is 312. The molecule has 0 aromatic carbocycles. The van der Waals surface area contributed by atoms with Gasteiger partial charge in [0.05, 0.1) is 11.7 Å². The lowest BCUT2D eigenvalue weighted by Crippen LogP contribution is -2.39. The minimum absolute atomic E-state index is 0.00625. The van der Waals surface area contributed by atoms with Crippen LogP contribution in [0.5, 0.6) is 0 Å². The van der Waals surface area contributed by atoms with Gasteiger partial charge in [0.2, 0.25) is 0 Å². The summed E-state index contributed by atoms with van der Waals surface area (Å²) in [5.74, 6) is 0.491. The van der Waals surface area contributed by atoms with Crippen LogP contribution in [-0.2, 0) is 9.53 Å². The molecule has 1 unspecified atom stereocenters. The van der Waals surface area contributed by atoms with Crippen molar-refractivity contribution in [3.63, 3.8) is 0 Å². The monoisotopic (exact) mass is 208 g/mol. The summed E-state index contributed by atoms with van der Waals surface area (Å²) in [5.41, 5.74) is 0.237. The molecule has 1 aliphatic carbocycles. The molecule has 2 heteroatoms. The highest BCUT2D eigenvalue weighted by Gasteiger charge is 2.63. The van der Waals surface area contributed by atoms with E-state index in [2.05, 4.69) is 26.8 Å². The molecule has 2 rings (SSSR count). The lowest BCUT2D eigenvalue weighted by molar-refractivity contribution is -0.112. The fraction of sp³-hybridized carbons (Fsp3) is 0.769. The summed E-state index contributed by atoms with van der Waals surface area (Å²) in [6.07, 6.45) is 6.52. The molecule has 3 atom stereocenters. The van der Waals surface area contributed by atoms with Crippen molar-refractivity contribution in [1.82, 2.24) is 0 Å². The van der Waals surface area contributed by atoms with E-state index in [0.29, 0.717) is 12.0 Å². The third-order valence-electron chi connectivity index (χ3n) is 4.01. The fourth-order valence-electron chi connectivity index (χ4n) is 3.01. The van der Waals surface area contributed by atoms with Crippen LogP contribution < -0.4 is 0 Å². The van der Waals surface area contributed by atoms with E-state index in [0.717, 1.165) is 6.42 Å². The Balaban J connectivity index is 2.21. The Kier molecular flexibility index (Phi) is 2.30. The van der Waals surface area contributed by atoms with Gasteiger partial charge in [0, 0.05) is 5.92 Å². The summed E-state index contributed by atoms with van der Waals surface area (Å²) in [6.45, 7) is 8.31. The van der Waals surface area contributed by atoms with E-state index in [1.807, 2.05) is 0 Å². The number of allylic oxidation sites excluding steroid dienone is 1. The number of fused-ring (bicyclic) bond motifs is 1. The van der Waals surface area contributed by atoms with Crippen molar-refractivity contribution in [3.05, 3.63) is 12.2 Å². The van der Waals surface area contributed by atoms with Crippen LogP contribution in [0.4, 0.5) is 0 Å². The standard InChI is InChI=1S/C13H20O2/c1-9(14)5-6-10-12(2,3)8-7-11-13(10,4)15-11/h5-6,10-11H,7-8H2,1-4H3/b6-5+/t10-,11?,13-/m1/s1. The molecule has 0 bridgehead atoms. The predicted octanol–water partition coefficient (Wildman–Crippen LogP) is 2.73. The highest BCUT2D eigenvalue weighted by atomic mass is 16.6. The molecule has 0 amide bonds. The van der Waals surface area contributed by atoms with Crippen molar-refractivity contribution in [2.75, 3.05) is 0 Å². The van der Waals surface area contributed by atoms with Crippen molar-refractivity contribution in [2.45, 2.75) is 52.2 Å². The molecule has 15 heavy (non-hydrogen) atoms. The lowest BCUT2D eigenvalue weighted by atomic mass is 9.64. The molecule has 0 aromatic rings. The van der Waals surface area contributed by atoms with Gasteiger partial charge in [-0.3, -0.25) is 4.79 Å². The normalized spacial score (nSPS) is 42.7. The van der Waals surface area contributed by atoms with E-state index in [9.17, 15) is 4.79 Å². The van der Waals surface area contributed by atoms with Gasteiger partial charge < -0.3 is 4.74 Å². The van der Waals surface area contributed by atoms with E-state index in [1.165, 1.54) is 6.42 Å². The molecular weight excluding hydrogens is 188 g/mol. The van der Waals surface area contributed by atoms with Crippen LogP contribution in [0.25, 0.3) is 0 Å². The van der Waals surface area contributed by atoms with Gasteiger partial charge in [0.15, 0.2) is 5.78 Å². The van der Waals surface area contributed by atoms with Crippen LogP contribution in [0.1, 0.15) is 40.5 Å². The third-order valence-corrected chi connectivity index (χ3v) is 4.01. The Hall–Kier alpha value is -0.630. The van der Waals surface area contributed by atoms with Gasteiger partial charge in [-0.25, -0.2) is 0 Å². The SMILES string of the molecule is CC(=O)/C=C/[C@@H]1C(C)(C)CCC2O[C@@]21C. The second-order valence-electron chi connectivity index (χ2n) is 5.77. The molecule has 1 saturated heterocycles. The van der Waals surface area contributed by atoms with E-state index >= 15 is 0 Å². The number of epoxide rings is 1. The topological polar surface area (TPSA) is 29.6 Å². The van der Waals surface area contributed by atoms with Gasteiger partial charge in [0.25, 0.3) is 0 Å². The average molecular weight is 208 g/mol. The van der Waals surface area contributed by atoms with Gasteiger partial charge in [-0.05, 0) is 38.2 Å². The maximum absolute atomic E-state index is 11.0. The molecule has 0 spiro atoms. The second-order valence-corrected chi connectivity index (χ2v) is 5.77. The first-order valence-electron chi connectivity index (χ1n) is 5.73. The van der Waals surface area contributed by atoms with Crippen molar-refractivity contribution in [2.24, 2.45) is 11.3 Å². The largest absolute Gasteiger partial charge is 0.366 e. The van der Waals surface area contributed by atoms with E-state index in [-0.39, 0.29) is 16.8 Å². The highest BCUT2D eigenvalue weighted by Crippen LogP contribution is 2.58. The number of ketones is 1. The molecule has 84 valence electrons. The number of ether oxygens (including phenoxy) is 1. The maximum atomic E-state index is 11.0. The Morgan fingerprint density at radius 1 is 1.40 bits per heavy atom. The number of rotatable bonds is 2. The summed E-state index contributed by atoms with van der Waals surface area (Å²) >= 11 is 0. The van der Waals surface area contributed by atoms with Crippen LogP contribution in [0.3, 0.4) is 0 Å². The average Bonchev–Trinajstić information content (AvgIpc) is 2.74. The van der Waals surface area contributed by atoms with Gasteiger partial charge in [-0.2, -0.15) is 0 Å². The van der Waals surface area contributed by atoms with Gasteiger partial charge in [-0.15, -0.1) is 0 Å². The van der Waals surface area contributed by atoms with Gasteiger partial charge >= 0.3 is 0 Å². The minimum Gasteiger partial charge on any atom is -0.366 e. The zero-order valence-electron chi connectivity index (χ0n) is 10.0. The van der Waals surface area contributed by atoms with Crippen molar-refractivity contribution in [3.8, 4) is 0 Å². The smallest absolute Gasteiger partial charge is 0.152 e. The number of carbonyl (C=O) groups excluding carboxylic acids is 1. The molecule has 2 fully saturated rings. The second kappa shape index (κ2) is 3.18. The van der Waals surface area contributed by atoms with Gasteiger partial charge in [-0.1, -0.05) is 19.9 Å². The van der Waals surface area contributed by atoms with Crippen LogP contribution in [0.15, 0.2) is 12.2 Å². The highest BCUT2D eigenvalue weighted by molar-refractivity contribution is 5.87. The summed E-state index contributed by atoms with van der Waals surface area (Å²) in [7, 11) is 0. The summed E-state index contributed by atoms with van der Waals surface area (Å²) < 4.78 is 5.78. The van der Waals surface area contributed by atoms with E-state index < -0.39 is 0 Å². The summed E-state index contributed by atoms with van der Waals surface area (Å²) in [4.78, 5) is 11.0. The molecule has 0 radical (unpaired) electrons. The molecule has 2 aliphatic rings. The molecule has 1 heterocycles. The predicted molar refractivity (Wildman–Crippen MR) is 59.6 cm³/mol. The van der Waals surface area contributed by atoms with Crippen molar-refractivity contribution < 1.29 is 9.53 Å². The first kappa shape index (κ1) is 10.9. The van der Waals surface area contributed by atoms with E-state index in [1.54, 1.807) is 13.0 Å². The molecule has 2 nitrogen and oxygen atoms in total. The third kappa shape index (κ3) is 1.76. The molecular formula is C13H20O2. The maximum Gasteiger partial charge on any atom is 0.152 e. The zero-order chi connectivity index (χ0) is 11.3. The summed E-state index contributed by atoms with van der Waals surface area (Å²) in [6, 6.07) is 0. The molecule has 1 saturated carbocycles. The Morgan fingerprint density at radius 3 is 2.67 bits per heavy atom. The zero-order valence-corrected chi connectivity index (χ0v) is 10.0. The van der Waals surface area contributed by atoms with Gasteiger partial charge in [0.1, 0.15) is 0 Å². The first-order valence-corrected chi connectivity index (χ1v) is 5.73. The number of hydrogen-bond acceptors (Lipinski definition) is 2. The van der Waals surface area contributed by atoms with Crippen molar-refractivity contribution >= 4 is 5.78 Å². The number of hydrogen-bond donors (Lipinski definition) is 0. The van der Waals surface area contributed by atoms with Crippen LogP contribution >= 0.6 is 0 Å². The quantitative estimate of drug-likeness (QED) is 0.516. The molecule has 0 aromatic heterocycles. The lowest BCUT2D eigenvalue weighted by Gasteiger charge is -2.38. The van der Waals surface area contributed by atoms with Crippen LogP contribution in [0, 0.1) is 11.3 Å². The summed E-state index contributed by atoms with van der Waals surface area (Å²) in [5, 5.41) is 0. The first-order chi connectivity index (χ1) is 6.86. The van der Waals surface area contributed by atoms with E-state index in [4.69, 9.17) is 4.74 Å². The van der Waals surface area contributed by atoms with Crippen molar-refractivity contribution in [1.29, 1.82) is 0 Å². The fourth-order valence-corrected chi connectivity index (χ4v) is 3.01. The molecule has 0 N–H and O–H groups in total. The minimum atomic E-state index is -0.00625. The van der Waals surface area contributed by atoms with Crippen LogP contribution in [0.2, 0.25) is 0 Å². The molecule has 1 aliphatic heterocycles. The Morgan fingerprint density at radius 2 is 2.07 bits per heavy atom.